The molecule has 0 unspecified atom stereocenters. The summed E-state index contributed by atoms with van der Waals surface area (Å²) >= 11 is 0. The Kier molecular flexibility index (Phi) is 1.67. The van der Waals surface area contributed by atoms with Crippen LogP contribution in [0.15, 0.2) is 21.5 Å². The number of aryl methyl sites for hydroxylation is 1. The monoisotopic (exact) mass is 192 g/mol. The van der Waals surface area contributed by atoms with Gasteiger partial charge >= 0.3 is 0 Å². The number of hydrogen-bond acceptors (Lipinski definition) is 3. The number of fused-ring (bicyclic) bond motifs is 1. The topological polar surface area (TPSA) is 89.1 Å². The maximum Gasteiger partial charge on any atom is 0.254 e. The van der Waals surface area contributed by atoms with Crippen molar-refractivity contribution in [3.8, 4) is 0 Å². The van der Waals surface area contributed by atoms with Crippen molar-refractivity contribution in [2.24, 2.45) is 5.73 Å². The number of aromatic nitrogens is 1. The summed E-state index contributed by atoms with van der Waals surface area (Å²) in [6.07, 6.45) is 1.26. The van der Waals surface area contributed by atoms with Gasteiger partial charge in [-0.1, -0.05) is 0 Å². The third kappa shape index (κ3) is 1.10. The summed E-state index contributed by atoms with van der Waals surface area (Å²) in [4.78, 5) is 25.1. The van der Waals surface area contributed by atoms with Crippen LogP contribution in [0.4, 0.5) is 0 Å². The summed E-state index contributed by atoms with van der Waals surface area (Å²) in [7, 11) is 0. The van der Waals surface area contributed by atoms with Gasteiger partial charge in [0.15, 0.2) is 0 Å². The first-order chi connectivity index (χ1) is 6.59. The number of amides is 1. The molecule has 14 heavy (non-hydrogen) atoms. The Labute approximate surface area is 78.5 Å². The predicted molar refractivity (Wildman–Crippen MR) is 50.1 cm³/mol. The molecule has 0 radical (unpaired) electrons. The zero-order chi connectivity index (χ0) is 10.3. The van der Waals surface area contributed by atoms with Gasteiger partial charge in [-0.3, -0.25) is 9.59 Å². The smallest absolute Gasteiger partial charge is 0.254 e. The Bertz CT molecular complexity index is 565. The van der Waals surface area contributed by atoms with Gasteiger partial charge in [0, 0.05) is 6.20 Å². The molecule has 0 bridgehead atoms. The number of hydrogen-bond donors (Lipinski definition) is 2. The fraction of sp³-hybridized carbons (Fsp3) is 0.111. The lowest BCUT2D eigenvalue weighted by molar-refractivity contribution is 0.0999. The van der Waals surface area contributed by atoms with Crippen LogP contribution in [0.3, 0.4) is 0 Å². The SMILES string of the molecule is Cc1cc2c(=O)c(C(N)=O)c[nH]c2o1. The minimum atomic E-state index is -0.744. The number of furan rings is 1. The highest BCUT2D eigenvalue weighted by Gasteiger charge is 2.11. The Morgan fingerprint density at radius 1 is 1.57 bits per heavy atom. The number of carbonyl (C=O) groups excluding carboxylic acids is 1. The van der Waals surface area contributed by atoms with Crippen LogP contribution in [0.2, 0.25) is 0 Å². The Morgan fingerprint density at radius 3 is 2.93 bits per heavy atom. The van der Waals surface area contributed by atoms with Crippen LogP contribution in [-0.4, -0.2) is 10.9 Å². The second kappa shape index (κ2) is 2.73. The van der Waals surface area contributed by atoms with Crippen molar-refractivity contribution in [1.82, 2.24) is 4.98 Å². The number of carbonyl (C=O) groups is 1. The molecule has 5 nitrogen and oxygen atoms in total. The van der Waals surface area contributed by atoms with Crippen LogP contribution >= 0.6 is 0 Å². The summed E-state index contributed by atoms with van der Waals surface area (Å²) in [6, 6.07) is 1.57. The summed E-state index contributed by atoms with van der Waals surface area (Å²) in [5, 5.41) is 0.346. The molecule has 5 heteroatoms. The van der Waals surface area contributed by atoms with Crippen molar-refractivity contribution in [1.29, 1.82) is 0 Å². The molecule has 1 amide bonds. The van der Waals surface area contributed by atoms with Gasteiger partial charge in [0.25, 0.3) is 5.91 Å². The molecule has 0 aliphatic carbocycles. The third-order valence-electron chi connectivity index (χ3n) is 1.96. The molecule has 0 atom stereocenters. The number of pyridine rings is 1. The fourth-order valence-electron chi connectivity index (χ4n) is 1.32. The second-order valence-electron chi connectivity index (χ2n) is 3.00. The Morgan fingerprint density at radius 2 is 2.29 bits per heavy atom. The standard InChI is InChI=1S/C9H8N2O3/c1-4-2-5-7(12)6(8(10)13)3-11-9(5)14-4/h2-3H,1H3,(H2,10,13)(H,11,12). The van der Waals surface area contributed by atoms with Gasteiger partial charge in [-0.25, -0.2) is 0 Å². The molecule has 2 rings (SSSR count). The predicted octanol–water partition coefficient (Wildman–Crippen LogP) is 0.528. The molecule has 0 saturated heterocycles. The van der Waals surface area contributed by atoms with E-state index in [9.17, 15) is 9.59 Å². The average Bonchev–Trinajstić information content (AvgIpc) is 2.46. The molecule has 0 saturated carbocycles. The van der Waals surface area contributed by atoms with Crippen molar-refractivity contribution in [2.75, 3.05) is 0 Å². The number of nitrogens with one attached hydrogen (secondary N) is 1. The maximum atomic E-state index is 11.6. The summed E-state index contributed by atoms with van der Waals surface area (Å²) in [5.74, 6) is -0.137. The van der Waals surface area contributed by atoms with E-state index in [0.717, 1.165) is 0 Å². The number of H-pyrrole nitrogens is 1. The van der Waals surface area contributed by atoms with E-state index in [0.29, 0.717) is 16.9 Å². The Hall–Kier alpha value is -2.04. The van der Waals surface area contributed by atoms with Gasteiger partial charge in [0.05, 0.1) is 5.39 Å². The van der Waals surface area contributed by atoms with Crippen LogP contribution in [0.25, 0.3) is 11.1 Å². The molecule has 0 aliphatic heterocycles. The fourth-order valence-corrected chi connectivity index (χ4v) is 1.32. The summed E-state index contributed by atoms with van der Waals surface area (Å²) in [6.45, 7) is 1.72. The lowest BCUT2D eigenvalue weighted by Gasteiger charge is -1.93. The summed E-state index contributed by atoms with van der Waals surface area (Å²) in [5.41, 5.74) is 4.92. The van der Waals surface area contributed by atoms with Crippen molar-refractivity contribution in [2.45, 2.75) is 6.92 Å². The maximum absolute atomic E-state index is 11.6. The van der Waals surface area contributed by atoms with E-state index in [1.54, 1.807) is 13.0 Å². The normalized spacial score (nSPS) is 10.6. The highest BCUT2D eigenvalue weighted by atomic mass is 16.3. The highest BCUT2D eigenvalue weighted by Crippen LogP contribution is 2.12. The molecule has 2 heterocycles. The number of nitrogens with two attached hydrogens (primary N) is 1. The zero-order valence-corrected chi connectivity index (χ0v) is 7.46. The van der Waals surface area contributed by atoms with Gasteiger partial charge in [0.1, 0.15) is 11.3 Å². The van der Waals surface area contributed by atoms with Crippen LogP contribution in [0.1, 0.15) is 16.1 Å². The molecule has 2 aromatic heterocycles. The lowest BCUT2D eigenvalue weighted by atomic mass is 10.2. The first-order valence-electron chi connectivity index (χ1n) is 4.01. The van der Waals surface area contributed by atoms with Crippen LogP contribution in [0, 0.1) is 6.92 Å². The van der Waals surface area contributed by atoms with E-state index in [4.69, 9.17) is 10.2 Å². The minimum Gasteiger partial charge on any atom is -0.445 e. The Balaban J connectivity index is 2.88. The van der Waals surface area contributed by atoms with E-state index in [1.165, 1.54) is 6.20 Å². The lowest BCUT2D eigenvalue weighted by Crippen LogP contribution is -2.21. The molecule has 0 fully saturated rings. The molecule has 0 spiro atoms. The number of aromatic amines is 1. The van der Waals surface area contributed by atoms with Crippen LogP contribution in [-0.2, 0) is 0 Å². The average molecular weight is 192 g/mol. The van der Waals surface area contributed by atoms with E-state index in [1.807, 2.05) is 0 Å². The summed E-state index contributed by atoms with van der Waals surface area (Å²) < 4.78 is 5.18. The van der Waals surface area contributed by atoms with Crippen molar-refractivity contribution in [3.63, 3.8) is 0 Å². The van der Waals surface area contributed by atoms with Crippen molar-refractivity contribution < 1.29 is 9.21 Å². The number of primary amides is 1. The third-order valence-corrected chi connectivity index (χ3v) is 1.96. The van der Waals surface area contributed by atoms with Crippen LogP contribution < -0.4 is 11.2 Å². The zero-order valence-electron chi connectivity index (χ0n) is 7.46. The molecule has 3 N–H and O–H groups in total. The molecule has 0 aliphatic rings. The molecular weight excluding hydrogens is 184 g/mol. The van der Waals surface area contributed by atoms with E-state index in [2.05, 4.69) is 4.98 Å². The molecule has 2 aromatic rings. The van der Waals surface area contributed by atoms with E-state index < -0.39 is 11.3 Å². The first-order valence-corrected chi connectivity index (χ1v) is 4.01. The van der Waals surface area contributed by atoms with Crippen LogP contribution in [0.5, 0.6) is 0 Å². The molecule has 72 valence electrons. The van der Waals surface area contributed by atoms with Gasteiger partial charge in [-0.15, -0.1) is 0 Å². The van der Waals surface area contributed by atoms with E-state index in [-0.39, 0.29) is 5.56 Å². The van der Waals surface area contributed by atoms with Gasteiger partial charge < -0.3 is 15.1 Å². The van der Waals surface area contributed by atoms with Gasteiger partial charge in [-0.2, -0.15) is 0 Å². The van der Waals surface area contributed by atoms with E-state index >= 15 is 0 Å². The second-order valence-corrected chi connectivity index (χ2v) is 3.00. The molecular formula is C9H8N2O3. The number of rotatable bonds is 1. The quantitative estimate of drug-likeness (QED) is 0.690. The highest BCUT2D eigenvalue weighted by molar-refractivity contribution is 5.95. The van der Waals surface area contributed by atoms with Gasteiger partial charge in [-0.05, 0) is 13.0 Å². The van der Waals surface area contributed by atoms with Crippen molar-refractivity contribution >= 4 is 17.0 Å². The van der Waals surface area contributed by atoms with Crippen molar-refractivity contribution in [3.05, 3.63) is 33.8 Å². The largest absolute Gasteiger partial charge is 0.445 e. The van der Waals surface area contributed by atoms with Gasteiger partial charge in [0.2, 0.25) is 11.1 Å². The first kappa shape index (κ1) is 8.55. The minimum absolute atomic E-state index is 0.0571. The molecule has 0 aromatic carbocycles.